The number of rotatable bonds is 7. The average Bonchev–Trinajstić information content (AvgIpc) is 2.82. The highest BCUT2D eigenvalue weighted by Gasteiger charge is 2.14. The number of ketones is 1. The number of benzene rings is 3. The van der Waals surface area contributed by atoms with Crippen LogP contribution in [0, 0.1) is 0 Å². The average molecular weight is 428 g/mol. The molecule has 6 nitrogen and oxygen atoms in total. The molecule has 0 bridgehead atoms. The van der Waals surface area contributed by atoms with E-state index in [1.807, 2.05) is 49.4 Å². The first-order chi connectivity index (χ1) is 15.5. The number of hydrogen-bond donors (Lipinski definition) is 1. The van der Waals surface area contributed by atoms with Gasteiger partial charge in [0, 0.05) is 24.6 Å². The van der Waals surface area contributed by atoms with Crippen molar-refractivity contribution in [2.45, 2.75) is 32.9 Å². The van der Waals surface area contributed by atoms with Gasteiger partial charge in [0.1, 0.15) is 5.75 Å². The van der Waals surface area contributed by atoms with Crippen molar-refractivity contribution in [3.8, 4) is 5.75 Å². The van der Waals surface area contributed by atoms with Crippen molar-refractivity contribution in [2.24, 2.45) is 0 Å². The van der Waals surface area contributed by atoms with Gasteiger partial charge in [0.25, 0.3) is 5.56 Å². The van der Waals surface area contributed by atoms with E-state index in [0.717, 1.165) is 11.1 Å². The van der Waals surface area contributed by atoms with Gasteiger partial charge in [0.15, 0.2) is 5.78 Å². The number of carbonyl (C=O) groups is 1. The smallest absolute Gasteiger partial charge is 0.331 e. The topological polar surface area (TPSA) is 81.3 Å². The summed E-state index contributed by atoms with van der Waals surface area (Å²) in [5.41, 5.74) is 2.05. The van der Waals surface area contributed by atoms with Crippen molar-refractivity contribution in [1.82, 2.24) is 9.13 Å². The third-order valence-corrected chi connectivity index (χ3v) is 5.61. The number of hydrogen-bond acceptors (Lipinski definition) is 4. The number of aryl methyl sites for hydroxylation is 1. The zero-order valence-corrected chi connectivity index (χ0v) is 17.8. The molecule has 32 heavy (non-hydrogen) atoms. The van der Waals surface area contributed by atoms with Gasteiger partial charge < -0.3 is 5.11 Å². The minimum atomic E-state index is -0.433. The highest BCUT2D eigenvalue weighted by molar-refractivity contribution is 5.95. The largest absolute Gasteiger partial charge is 0.508 e. The van der Waals surface area contributed by atoms with E-state index in [9.17, 15) is 19.5 Å². The Labute approximate surface area is 185 Å². The molecular weight excluding hydrogens is 404 g/mol. The predicted molar refractivity (Wildman–Crippen MR) is 124 cm³/mol. The van der Waals surface area contributed by atoms with Crippen LogP contribution in [0.5, 0.6) is 5.75 Å². The maximum Gasteiger partial charge on any atom is 0.331 e. The first kappa shape index (κ1) is 21.3. The zero-order valence-electron chi connectivity index (χ0n) is 17.8. The van der Waals surface area contributed by atoms with Crippen LogP contribution >= 0.6 is 0 Å². The normalized spacial score (nSPS) is 11.0. The van der Waals surface area contributed by atoms with Crippen molar-refractivity contribution < 1.29 is 9.90 Å². The Morgan fingerprint density at radius 2 is 1.59 bits per heavy atom. The number of aromatic hydroxyl groups is 1. The molecule has 162 valence electrons. The van der Waals surface area contributed by atoms with Gasteiger partial charge in [0.05, 0.1) is 17.4 Å². The molecular formula is C26H24N2O4. The van der Waals surface area contributed by atoms with Crippen LogP contribution in [0.15, 0.2) is 82.4 Å². The summed E-state index contributed by atoms with van der Waals surface area (Å²) in [6, 6.07) is 21.2. The molecule has 0 radical (unpaired) electrons. The summed E-state index contributed by atoms with van der Waals surface area (Å²) >= 11 is 0. The first-order valence-corrected chi connectivity index (χ1v) is 10.6. The molecule has 1 N–H and O–H groups in total. The maximum atomic E-state index is 13.4. The standard InChI is InChI=1S/C26H24N2O4/c1-2-24(30)20-10-8-19(9-11-20)17-28-23-16-21(29)12-13-22(23)25(31)27(26(28)32)15-14-18-6-4-3-5-7-18/h3-13,16,29H,2,14-15,17H2,1H3. The Morgan fingerprint density at radius 3 is 2.28 bits per heavy atom. The fourth-order valence-electron chi connectivity index (χ4n) is 3.82. The summed E-state index contributed by atoms with van der Waals surface area (Å²) in [6.07, 6.45) is 0.975. The zero-order chi connectivity index (χ0) is 22.7. The van der Waals surface area contributed by atoms with Crippen molar-refractivity contribution in [2.75, 3.05) is 0 Å². The number of phenolic OH excluding ortho intramolecular Hbond substituents is 1. The fraction of sp³-hybridized carbons (Fsp3) is 0.192. The molecule has 1 aromatic heterocycles. The molecule has 0 unspecified atom stereocenters. The van der Waals surface area contributed by atoms with Gasteiger partial charge >= 0.3 is 5.69 Å². The predicted octanol–water partition coefficient (Wildman–Crippen LogP) is 3.75. The van der Waals surface area contributed by atoms with Crippen LogP contribution in [0.25, 0.3) is 10.9 Å². The van der Waals surface area contributed by atoms with Crippen LogP contribution in [0.1, 0.15) is 34.8 Å². The number of Topliss-reactive ketones (excluding diaryl/α,β-unsaturated/α-hetero) is 1. The minimum absolute atomic E-state index is 0.0176. The molecule has 0 atom stereocenters. The number of aromatic nitrogens is 2. The summed E-state index contributed by atoms with van der Waals surface area (Å²) in [5, 5.41) is 10.4. The molecule has 0 aliphatic rings. The van der Waals surface area contributed by atoms with Crippen LogP contribution in [0.2, 0.25) is 0 Å². The van der Waals surface area contributed by atoms with Gasteiger partial charge in [-0.3, -0.25) is 18.7 Å². The minimum Gasteiger partial charge on any atom is -0.508 e. The summed E-state index contributed by atoms with van der Waals surface area (Å²) in [6.45, 7) is 2.28. The van der Waals surface area contributed by atoms with Crippen LogP contribution in [0.4, 0.5) is 0 Å². The second kappa shape index (κ2) is 9.06. The molecule has 0 spiro atoms. The molecule has 1 heterocycles. The molecule has 0 amide bonds. The van der Waals surface area contributed by atoms with Crippen molar-refractivity contribution in [1.29, 1.82) is 0 Å². The second-order valence-electron chi connectivity index (χ2n) is 7.74. The van der Waals surface area contributed by atoms with Gasteiger partial charge in [-0.05, 0) is 29.7 Å². The van der Waals surface area contributed by atoms with Crippen LogP contribution in [-0.4, -0.2) is 20.0 Å². The van der Waals surface area contributed by atoms with E-state index >= 15 is 0 Å². The lowest BCUT2D eigenvalue weighted by atomic mass is 10.1. The Morgan fingerprint density at radius 1 is 0.875 bits per heavy atom. The Hall–Kier alpha value is -3.93. The molecule has 6 heteroatoms. The number of fused-ring (bicyclic) bond motifs is 1. The van der Waals surface area contributed by atoms with Gasteiger partial charge in [-0.2, -0.15) is 0 Å². The Kier molecular flexibility index (Phi) is 6.03. The molecule has 3 aromatic carbocycles. The second-order valence-corrected chi connectivity index (χ2v) is 7.74. The molecule has 0 saturated carbocycles. The quantitative estimate of drug-likeness (QED) is 0.455. The van der Waals surface area contributed by atoms with E-state index in [4.69, 9.17) is 0 Å². The number of phenols is 1. The molecule has 0 aliphatic heterocycles. The van der Waals surface area contributed by atoms with E-state index in [2.05, 4.69) is 0 Å². The van der Waals surface area contributed by atoms with Crippen molar-refractivity contribution in [3.63, 3.8) is 0 Å². The van der Waals surface area contributed by atoms with E-state index in [1.165, 1.54) is 21.3 Å². The molecule has 4 aromatic rings. The molecule has 0 fully saturated rings. The van der Waals surface area contributed by atoms with Crippen molar-refractivity contribution >= 4 is 16.7 Å². The maximum absolute atomic E-state index is 13.4. The van der Waals surface area contributed by atoms with Gasteiger partial charge in [-0.15, -0.1) is 0 Å². The van der Waals surface area contributed by atoms with E-state index in [-0.39, 0.29) is 30.2 Å². The molecule has 0 saturated heterocycles. The third-order valence-electron chi connectivity index (χ3n) is 5.61. The van der Waals surface area contributed by atoms with E-state index in [1.54, 1.807) is 18.2 Å². The van der Waals surface area contributed by atoms with Gasteiger partial charge in [0.2, 0.25) is 0 Å². The Bertz CT molecular complexity index is 1380. The SMILES string of the molecule is CCC(=O)c1ccc(Cn2c(=O)n(CCc3ccccc3)c(=O)c3ccc(O)cc32)cc1. The molecule has 4 rings (SSSR count). The summed E-state index contributed by atoms with van der Waals surface area (Å²) < 4.78 is 2.75. The van der Waals surface area contributed by atoms with Crippen molar-refractivity contribution in [3.05, 3.63) is 110 Å². The highest BCUT2D eigenvalue weighted by Crippen LogP contribution is 2.18. The third kappa shape index (κ3) is 4.25. The first-order valence-electron chi connectivity index (χ1n) is 10.6. The lowest BCUT2D eigenvalue weighted by Crippen LogP contribution is -2.40. The van der Waals surface area contributed by atoms with E-state index < -0.39 is 5.69 Å². The lowest BCUT2D eigenvalue weighted by Gasteiger charge is -2.15. The van der Waals surface area contributed by atoms with Gasteiger partial charge in [-0.25, -0.2) is 4.79 Å². The van der Waals surface area contributed by atoms with Crippen LogP contribution in [0.3, 0.4) is 0 Å². The van der Waals surface area contributed by atoms with Gasteiger partial charge in [-0.1, -0.05) is 61.5 Å². The summed E-state index contributed by atoms with van der Waals surface area (Å²) in [4.78, 5) is 38.3. The number of carbonyl (C=O) groups excluding carboxylic acids is 1. The van der Waals surface area contributed by atoms with Crippen LogP contribution in [-0.2, 0) is 19.5 Å². The summed E-state index contributed by atoms with van der Waals surface area (Å²) in [7, 11) is 0. The Balaban J connectivity index is 1.78. The lowest BCUT2D eigenvalue weighted by molar-refractivity contribution is 0.0988. The fourth-order valence-corrected chi connectivity index (χ4v) is 3.82. The molecule has 0 aliphatic carbocycles. The van der Waals surface area contributed by atoms with Crippen LogP contribution < -0.4 is 11.2 Å². The number of nitrogens with zero attached hydrogens (tertiary/aromatic N) is 2. The highest BCUT2D eigenvalue weighted by atomic mass is 16.3. The summed E-state index contributed by atoms with van der Waals surface area (Å²) in [5.74, 6) is 0.0366. The van der Waals surface area contributed by atoms with E-state index in [0.29, 0.717) is 29.3 Å². The monoisotopic (exact) mass is 428 g/mol.